The topological polar surface area (TPSA) is 63.6 Å². The van der Waals surface area contributed by atoms with Gasteiger partial charge in [-0.15, -0.1) is 0 Å². The van der Waals surface area contributed by atoms with Gasteiger partial charge in [-0.25, -0.2) is 0 Å². The summed E-state index contributed by atoms with van der Waals surface area (Å²) in [4.78, 5) is 23.3. The minimum atomic E-state index is -0.697. The van der Waals surface area contributed by atoms with Crippen LogP contribution in [0.3, 0.4) is 0 Å². The molecule has 1 unspecified atom stereocenters. The lowest BCUT2D eigenvalue weighted by atomic mass is 10.0. The first-order chi connectivity index (χ1) is 20.6. The Morgan fingerprint density at radius 1 is 0.429 bits per heavy atom. The molecule has 0 rings (SSSR count). The second-order valence-electron chi connectivity index (χ2n) is 13.1. The van der Waals surface area contributed by atoms with E-state index in [0.717, 1.165) is 64.2 Å². The van der Waals surface area contributed by atoms with Crippen molar-refractivity contribution >= 4 is 11.9 Å². The maximum Gasteiger partial charge on any atom is 0.306 e. The van der Waals surface area contributed by atoms with Gasteiger partial charge in [0.2, 0.25) is 0 Å². The lowest BCUT2D eigenvalue weighted by molar-refractivity contribution is -0.150. The van der Waals surface area contributed by atoms with Crippen LogP contribution in [0.25, 0.3) is 0 Å². The number of carboxylic acids is 1. The number of aliphatic carboxylic acids is 1. The molecule has 0 aromatic heterocycles. The molecule has 4 heteroatoms. The highest BCUT2D eigenvalue weighted by Crippen LogP contribution is 2.19. The maximum absolute atomic E-state index is 12.6. The lowest BCUT2D eigenvalue weighted by Crippen LogP contribution is -2.18. The fraction of sp³-hybridized carbons (Fsp3) is 0.947. The van der Waals surface area contributed by atoms with Crippen molar-refractivity contribution in [2.45, 2.75) is 232 Å². The van der Waals surface area contributed by atoms with Crippen molar-refractivity contribution in [1.82, 2.24) is 0 Å². The molecule has 0 fully saturated rings. The number of hydrogen-bond acceptors (Lipinski definition) is 3. The predicted molar refractivity (Wildman–Crippen MR) is 181 cm³/mol. The first-order valence-corrected chi connectivity index (χ1v) is 19.0. The van der Waals surface area contributed by atoms with E-state index in [1.165, 1.54) is 135 Å². The van der Waals surface area contributed by atoms with Crippen molar-refractivity contribution in [2.75, 3.05) is 0 Å². The third-order valence-electron chi connectivity index (χ3n) is 8.83. The van der Waals surface area contributed by atoms with E-state index in [0.29, 0.717) is 6.42 Å². The summed E-state index contributed by atoms with van der Waals surface area (Å²) in [5, 5.41) is 8.79. The molecule has 0 amide bonds. The molecule has 250 valence electrons. The third kappa shape index (κ3) is 33.4. The average Bonchev–Trinajstić information content (AvgIpc) is 2.97. The largest absolute Gasteiger partial charge is 0.481 e. The van der Waals surface area contributed by atoms with Gasteiger partial charge in [0.05, 0.1) is 0 Å². The van der Waals surface area contributed by atoms with Crippen LogP contribution in [0.4, 0.5) is 0 Å². The molecule has 1 atom stereocenters. The minimum Gasteiger partial charge on any atom is -0.481 e. The van der Waals surface area contributed by atoms with Crippen LogP contribution in [-0.4, -0.2) is 23.1 Å². The molecule has 0 heterocycles. The Kier molecular flexibility index (Phi) is 33.6. The van der Waals surface area contributed by atoms with Gasteiger partial charge >= 0.3 is 11.9 Å². The Hall–Kier alpha value is -1.06. The fourth-order valence-corrected chi connectivity index (χ4v) is 6.01. The smallest absolute Gasteiger partial charge is 0.306 e. The zero-order chi connectivity index (χ0) is 30.8. The first-order valence-electron chi connectivity index (χ1n) is 19.0. The fourth-order valence-electron chi connectivity index (χ4n) is 6.01. The van der Waals surface area contributed by atoms with E-state index >= 15 is 0 Å². The van der Waals surface area contributed by atoms with E-state index in [4.69, 9.17) is 9.84 Å². The van der Waals surface area contributed by atoms with Crippen LogP contribution in [0, 0.1) is 0 Å². The zero-order valence-electron chi connectivity index (χ0n) is 28.6. The summed E-state index contributed by atoms with van der Waals surface area (Å²) in [6.07, 6.45) is 39.7. The molecular weight excluding hydrogens is 520 g/mol. The molecule has 0 radical (unpaired) electrons. The molecule has 0 saturated carbocycles. The standard InChI is InChI=1S/C38H74O4/c1-3-5-7-9-11-13-14-15-16-17-18-20-22-27-31-35-38(41)42-36(33-29-25-23-26-30-34-37(39)40)32-28-24-21-19-12-10-8-6-4-2/h36H,3-35H2,1-2H3,(H,39,40). The highest BCUT2D eigenvalue weighted by atomic mass is 16.5. The number of carbonyl (C=O) groups excluding carboxylic acids is 1. The highest BCUT2D eigenvalue weighted by molar-refractivity contribution is 5.69. The number of unbranched alkanes of at least 4 members (excludes halogenated alkanes) is 26. The molecule has 42 heavy (non-hydrogen) atoms. The van der Waals surface area contributed by atoms with Gasteiger partial charge in [-0.3, -0.25) is 9.59 Å². The van der Waals surface area contributed by atoms with E-state index in [-0.39, 0.29) is 18.5 Å². The number of esters is 1. The van der Waals surface area contributed by atoms with Crippen LogP contribution >= 0.6 is 0 Å². The molecule has 0 aliphatic rings. The Morgan fingerprint density at radius 2 is 0.714 bits per heavy atom. The van der Waals surface area contributed by atoms with E-state index in [9.17, 15) is 9.59 Å². The normalized spacial score (nSPS) is 12.0. The second kappa shape index (κ2) is 34.4. The highest BCUT2D eigenvalue weighted by Gasteiger charge is 2.14. The van der Waals surface area contributed by atoms with Crippen molar-refractivity contribution in [2.24, 2.45) is 0 Å². The van der Waals surface area contributed by atoms with E-state index in [2.05, 4.69) is 13.8 Å². The van der Waals surface area contributed by atoms with Gasteiger partial charge < -0.3 is 9.84 Å². The van der Waals surface area contributed by atoms with E-state index in [1.807, 2.05) is 0 Å². The Balaban J connectivity index is 3.93. The number of hydrogen-bond donors (Lipinski definition) is 1. The van der Waals surface area contributed by atoms with Crippen LogP contribution in [0.1, 0.15) is 226 Å². The molecular formula is C38H74O4. The summed E-state index contributed by atoms with van der Waals surface area (Å²) >= 11 is 0. The summed E-state index contributed by atoms with van der Waals surface area (Å²) < 4.78 is 5.98. The van der Waals surface area contributed by atoms with Crippen LogP contribution < -0.4 is 0 Å². The molecule has 0 bridgehead atoms. The van der Waals surface area contributed by atoms with Crippen LogP contribution in [0.5, 0.6) is 0 Å². The van der Waals surface area contributed by atoms with Crippen molar-refractivity contribution in [1.29, 1.82) is 0 Å². The Bertz CT molecular complexity index is 561. The quantitative estimate of drug-likeness (QED) is 0.0585. The van der Waals surface area contributed by atoms with Gasteiger partial charge in [0.1, 0.15) is 6.10 Å². The van der Waals surface area contributed by atoms with Gasteiger partial charge in [-0.2, -0.15) is 0 Å². The molecule has 0 aromatic rings. The van der Waals surface area contributed by atoms with Gasteiger partial charge in [0, 0.05) is 12.8 Å². The van der Waals surface area contributed by atoms with Crippen LogP contribution in [-0.2, 0) is 14.3 Å². The molecule has 0 aliphatic heterocycles. The summed E-state index contributed by atoms with van der Waals surface area (Å²) in [5.41, 5.74) is 0. The SMILES string of the molecule is CCCCCCCCCCCCCCCCCC(=O)OC(CCCCCCCCCCC)CCCCCCCC(=O)O. The van der Waals surface area contributed by atoms with Crippen molar-refractivity contribution < 1.29 is 19.4 Å². The van der Waals surface area contributed by atoms with Crippen molar-refractivity contribution in [3.8, 4) is 0 Å². The predicted octanol–water partition coefficient (Wildman–Crippen LogP) is 12.9. The second-order valence-corrected chi connectivity index (χ2v) is 13.1. The summed E-state index contributed by atoms with van der Waals surface area (Å²) in [6.45, 7) is 4.55. The number of carbonyl (C=O) groups is 2. The molecule has 0 aliphatic carbocycles. The summed E-state index contributed by atoms with van der Waals surface area (Å²) in [5.74, 6) is -0.691. The average molecular weight is 595 g/mol. The molecule has 1 N–H and O–H groups in total. The van der Waals surface area contributed by atoms with Crippen molar-refractivity contribution in [3.05, 3.63) is 0 Å². The molecule has 4 nitrogen and oxygen atoms in total. The maximum atomic E-state index is 12.6. The van der Waals surface area contributed by atoms with Crippen molar-refractivity contribution in [3.63, 3.8) is 0 Å². The molecule has 0 spiro atoms. The minimum absolute atomic E-state index is 0.00655. The van der Waals surface area contributed by atoms with E-state index < -0.39 is 5.97 Å². The van der Waals surface area contributed by atoms with Gasteiger partial charge in [-0.05, 0) is 38.5 Å². The monoisotopic (exact) mass is 595 g/mol. The van der Waals surface area contributed by atoms with Crippen LogP contribution in [0.15, 0.2) is 0 Å². The Morgan fingerprint density at radius 3 is 1.05 bits per heavy atom. The Labute approximate surface area is 262 Å². The summed E-state index contributed by atoms with van der Waals surface area (Å²) in [7, 11) is 0. The number of rotatable bonds is 35. The van der Waals surface area contributed by atoms with E-state index in [1.54, 1.807) is 0 Å². The van der Waals surface area contributed by atoms with Gasteiger partial charge in [-0.1, -0.05) is 174 Å². The first kappa shape index (κ1) is 40.9. The van der Waals surface area contributed by atoms with Gasteiger partial charge in [0.15, 0.2) is 0 Å². The third-order valence-corrected chi connectivity index (χ3v) is 8.83. The lowest BCUT2D eigenvalue weighted by Gasteiger charge is -2.18. The summed E-state index contributed by atoms with van der Waals surface area (Å²) in [6, 6.07) is 0. The number of ether oxygens (including phenoxy) is 1. The molecule has 0 aromatic carbocycles. The zero-order valence-corrected chi connectivity index (χ0v) is 28.6. The van der Waals surface area contributed by atoms with Crippen LogP contribution in [0.2, 0.25) is 0 Å². The van der Waals surface area contributed by atoms with Gasteiger partial charge in [0.25, 0.3) is 0 Å². The number of carboxylic acid groups (broad SMARTS) is 1. The molecule has 0 saturated heterocycles.